The summed E-state index contributed by atoms with van der Waals surface area (Å²) in [4.78, 5) is 1.82. The molecule has 0 amide bonds. The van der Waals surface area contributed by atoms with Gasteiger partial charge in [-0.15, -0.1) is 25.3 Å². The third-order valence-electron chi connectivity index (χ3n) is 1.69. The summed E-state index contributed by atoms with van der Waals surface area (Å²) in [6, 6.07) is 9.72. The van der Waals surface area contributed by atoms with Gasteiger partial charge in [-0.05, 0) is 12.1 Å². The molecule has 6 heteroatoms. The Kier molecular flexibility index (Phi) is 5.38. The van der Waals surface area contributed by atoms with Crippen LogP contribution in [0.15, 0.2) is 30.3 Å². The van der Waals surface area contributed by atoms with Gasteiger partial charge >= 0.3 is 0 Å². The van der Waals surface area contributed by atoms with Crippen LogP contribution < -0.4 is 10.2 Å². The Bertz CT molecular complexity index is 352. The lowest BCUT2D eigenvalue weighted by atomic mass is 10.3. The molecule has 1 aromatic rings. The number of benzene rings is 1. The number of hydrogen-bond donors (Lipinski definition) is 3. The molecular weight excluding hydrogens is 264 g/mol. The van der Waals surface area contributed by atoms with Gasteiger partial charge in [0.15, 0.2) is 0 Å². The quantitative estimate of drug-likeness (QED) is 0.445. The Morgan fingerprint density at radius 3 is 2.27 bits per heavy atom. The molecule has 0 fully saturated rings. The summed E-state index contributed by atoms with van der Waals surface area (Å²) in [6.45, 7) is 0.467. The smallest absolute Gasteiger partial charge is 0.139 e. The Balaban J connectivity index is 2.75. The molecule has 0 unspecified atom stereocenters. The van der Waals surface area contributed by atoms with Crippen LogP contribution in [0.2, 0.25) is 0 Å². The summed E-state index contributed by atoms with van der Waals surface area (Å²) in [6.07, 6.45) is 0. The normalized spacial score (nSPS) is 9.47. The third kappa shape index (κ3) is 4.38. The highest BCUT2D eigenvalue weighted by molar-refractivity contribution is 8.11. The molecule has 1 rings (SSSR count). The molecule has 80 valence electrons. The van der Waals surface area contributed by atoms with Crippen molar-refractivity contribution in [3.05, 3.63) is 30.3 Å². The van der Waals surface area contributed by atoms with Crippen molar-refractivity contribution < 1.29 is 0 Å². The standard InChI is InChI=1S/C9H10N2S4/c12-8(13)10-6-11(9(14)15)7-4-2-1-3-5-7/h1-5H,6H2,(H,14,15)(H2,10,12,13). The van der Waals surface area contributed by atoms with Crippen LogP contribution in [0.3, 0.4) is 0 Å². The van der Waals surface area contributed by atoms with Crippen LogP contribution in [0.25, 0.3) is 0 Å². The first kappa shape index (κ1) is 12.8. The first-order valence-electron chi connectivity index (χ1n) is 4.13. The summed E-state index contributed by atoms with van der Waals surface area (Å²) >= 11 is 18.0. The summed E-state index contributed by atoms with van der Waals surface area (Å²) in [5.74, 6) is 0. The maximum atomic E-state index is 5.03. The highest BCUT2D eigenvalue weighted by atomic mass is 32.1. The second-order valence-corrected chi connectivity index (χ2v) is 4.96. The van der Waals surface area contributed by atoms with E-state index in [2.05, 4.69) is 30.6 Å². The predicted molar refractivity (Wildman–Crippen MR) is 80.1 cm³/mol. The lowest BCUT2D eigenvalue weighted by molar-refractivity contribution is 0.928. The maximum absolute atomic E-state index is 5.03. The van der Waals surface area contributed by atoms with Gasteiger partial charge in [-0.3, -0.25) is 0 Å². The highest BCUT2D eigenvalue weighted by Crippen LogP contribution is 2.14. The van der Waals surface area contributed by atoms with Crippen LogP contribution in [0.5, 0.6) is 0 Å². The Hall–Kier alpha value is -0.300. The molecule has 0 saturated heterocycles. The fourth-order valence-electron chi connectivity index (χ4n) is 1.02. The third-order valence-corrected chi connectivity index (χ3v) is 2.45. The number of rotatable bonds is 3. The van der Waals surface area contributed by atoms with Crippen molar-refractivity contribution in [2.75, 3.05) is 11.6 Å². The lowest BCUT2D eigenvalue weighted by Gasteiger charge is -2.22. The van der Waals surface area contributed by atoms with Crippen LogP contribution in [-0.4, -0.2) is 15.3 Å². The predicted octanol–water partition coefficient (Wildman–Crippen LogP) is 2.47. The second kappa shape index (κ2) is 6.32. The van der Waals surface area contributed by atoms with Gasteiger partial charge in [0.05, 0.1) is 6.67 Å². The molecule has 0 heterocycles. The van der Waals surface area contributed by atoms with Gasteiger partial charge in [-0.2, -0.15) is 0 Å². The van der Waals surface area contributed by atoms with Crippen molar-refractivity contribution in [2.45, 2.75) is 0 Å². The molecule has 0 aliphatic rings. The van der Waals surface area contributed by atoms with E-state index in [-0.39, 0.29) is 0 Å². The largest absolute Gasteiger partial charge is 0.353 e. The van der Waals surface area contributed by atoms with Crippen molar-refractivity contribution in [3.8, 4) is 0 Å². The first-order valence-corrected chi connectivity index (χ1v) is 5.84. The summed E-state index contributed by atoms with van der Waals surface area (Å²) in [5, 5.41) is 2.91. The van der Waals surface area contributed by atoms with Crippen LogP contribution in [0.1, 0.15) is 0 Å². The van der Waals surface area contributed by atoms with Crippen LogP contribution in [0.4, 0.5) is 5.69 Å². The molecule has 0 aromatic heterocycles. The number of thiocarbonyl (C=S) groups is 2. The van der Waals surface area contributed by atoms with Gasteiger partial charge in [0.25, 0.3) is 0 Å². The zero-order valence-corrected chi connectivity index (χ0v) is 11.2. The van der Waals surface area contributed by atoms with Gasteiger partial charge in [0, 0.05) is 5.69 Å². The molecule has 0 aliphatic heterocycles. The van der Waals surface area contributed by atoms with E-state index in [9.17, 15) is 0 Å². The van der Waals surface area contributed by atoms with Gasteiger partial charge in [-0.1, -0.05) is 42.6 Å². The highest BCUT2D eigenvalue weighted by Gasteiger charge is 2.07. The van der Waals surface area contributed by atoms with E-state index in [1.165, 1.54) is 0 Å². The number of anilines is 1. The molecule has 0 atom stereocenters. The van der Waals surface area contributed by atoms with E-state index in [0.717, 1.165) is 5.69 Å². The monoisotopic (exact) mass is 274 g/mol. The van der Waals surface area contributed by atoms with E-state index in [1.807, 2.05) is 35.2 Å². The van der Waals surface area contributed by atoms with Crippen LogP contribution in [-0.2, 0) is 0 Å². The van der Waals surface area contributed by atoms with Crippen molar-refractivity contribution in [3.63, 3.8) is 0 Å². The average molecular weight is 274 g/mol. The van der Waals surface area contributed by atoms with E-state index < -0.39 is 0 Å². The van der Waals surface area contributed by atoms with Crippen LogP contribution in [0, 0.1) is 0 Å². The zero-order chi connectivity index (χ0) is 11.3. The molecule has 15 heavy (non-hydrogen) atoms. The molecule has 0 saturated carbocycles. The second-order valence-electron chi connectivity index (χ2n) is 2.69. The van der Waals surface area contributed by atoms with Crippen molar-refractivity contribution in [1.29, 1.82) is 0 Å². The molecular formula is C9H10N2S4. The summed E-state index contributed by atoms with van der Waals surface area (Å²) in [5.41, 5.74) is 0.967. The van der Waals surface area contributed by atoms with Gasteiger partial charge < -0.3 is 10.2 Å². The van der Waals surface area contributed by atoms with E-state index in [4.69, 9.17) is 24.4 Å². The van der Waals surface area contributed by atoms with Gasteiger partial charge in [0.2, 0.25) is 0 Å². The average Bonchev–Trinajstić information content (AvgIpc) is 2.18. The van der Waals surface area contributed by atoms with E-state index in [1.54, 1.807) is 0 Å². The minimum absolute atomic E-state index is 0.431. The summed E-state index contributed by atoms with van der Waals surface area (Å²) in [7, 11) is 0. The number of thiol groups is 2. The molecule has 0 aliphatic carbocycles. The van der Waals surface area contributed by atoms with Crippen molar-refractivity contribution in [2.24, 2.45) is 0 Å². The number of hydrogen-bond acceptors (Lipinski definition) is 2. The van der Waals surface area contributed by atoms with E-state index >= 15 is 0 Å². The fraction of sp³-hybridized carbons (Fsp3) is 0.111. The Morgan fingerprint density at radius 2 is 1.80 bits per heavy atom. The zero-order valence-electron chi connectivity index (χ0n) is 7.75. The lowest BCUT2D eigenvalue weighted by Crippen LogP contribution is -2.36. The minimum Gasteiger partial charge on any atom is -0.353 e. The fourth-order valence-corrected chi connectivity index (χ4v) is 1.52. The van der Waals surface area contributed by atoms with Crippen molar-refractivity contribution >= 4 is 64.0 Å². The first-order chi connectivity index (χ1) is 7.11. The van der Waals surface area contributed by atoms with Gasteiger partial charge in [-0.25, -0.2) is 0 Å². The van der Waals surface area contributed by atoms with Crippen molar-refractivity contribution in [1.82, 2.24) is 5.32 Å². The molecule has 0 spiro atoms. The van der Waals surface area contributed by atoms with Crippen LogP contribution >= 0.6 is 49.7 Å². The Morgan fingerprint density at radius 1 is 1.20 bits per heavy atom. The van der Waals surface area contributed by atoms with E-state index in [0.29, 0.717) is 15.3 Å². The maximum Gasteiger partial charge on any atom is 0.139 e. The summed E-state index contributed by atoms with van der Waals surface area (Å²) < 4.78 is 0.916. The number of para-hydroxylation sites is 1. The Labute approximate surface area is 111 Å². The number of nitrogens with one attached hydrogen (secondary N) is 1. The molecule has 2 nitrogen and oxygen atoms in total. The SMILES string of the molecule is S=C(S)NCN(C(=S)S)c1ccccc1. The molecule has 0 radical (unpaired) electrons. The molecule has 1 aromatic carbocycles. The van der Waals surface area contributed by atoms with Gasteiger partial charge in [0.1, 0.15) is 8.64 Å². The number of nitrogens with zero attached hydrogens (tertiary/aromatic N) is 1. The minimum atomic E-state index is 0.431. The molecule has 1 N–H and O–H groups in total. The topological polar surface area (TPSA) is 15.3 Å². The molecule has 0 bridgehead atoms.